The quantitative estimate of drug-likeness (QED) is 0.526. The molecular formula is C27H37N3O4. The lowest BCUT2D eigenvalue weighted by Crippen LogP contribution is -2.50. The van der Waals surface area contributed by atoms with E-state index in [1.165, 1.54) is 5.56 Å². The fourth-order valence-electron chi connectivity index (χ4n) is 4.54. The molecule has 2 atom stereocenters. The minimum Gasteiger partial charge on any atom is -0.486 e. The molecule has 1 amide bonds. The van der Waals surface area contributed by atoms with Crippen LogP contribution in [-0.4, -0.2) is 66.9 Å². The van der Waals surface area contributed by atoms with Gasteiger partial charge >= 0.3 is 0 Å². The summed E-state index contributed by atoms with van der Waals surface area (Å²) in [5, 5.41) is 17.0. The molecule has 2 unspecified atom stereocenters. The van der Waals surface area contributed by atoms with Gasteiger partial charge in [-0.2, -0.15) is 0 Å². The molecule has 7 nitrogen and oxygen atoms in total. The maximum atomic E-state index is 12.5. The molecule has 2 aromatic rings. The number of hydrogen-bond donors (Lipinski definition) is 3. The molecule has 0 aromatic heterocycles. The number of fused-ring (bicyclic) bond motifs is 1. The van der Waals surface area contributed by atoms with Gasteiger partial charge in [0.25, 0.3) is 0 Å². The average molecular weight is 468 g/mol. The van der Waals surface area contributed by atoms with Crippen LogP contribution in [0.5, 0.6) is 11.5 Å². The second-order valence-electron chi connectivity index (χ2n) is 9.78. The van der Waals surface area contributed by atoms with E-state index in [-0.39, 0.29) is 12.0 Å². The monoisotopic (exact) mass is 467 g/mol. The Kier molecular flexibility index (Phi) is 8.43. The van der Waals surface area contributed by atoms with Crippen molar-refractivity contribution in [2.24, 2.45) is 5.92 Å². The second kappa shape index (κ2) is 11.7. The van der Waals surface area contributed by atoms with Crippen LogP contribution in [0.3, 0.4) is 0 Å². The molecule has 184 valence electrons. The molecule has 2 aliphatic rings. The van der Waals surface area contributed by atoms with E-state index in [0.717, 1.165) is 43.8 Å². The lowest BCUT2D eigenvalue weighted by molar-refractivity contribution is -0.117. The van der Waals surface area contributed by atoms with Gasteiger partial charge in [-0.05, 0) is 55.0 Å². The summed E-state index contributed by atoms with van der Waals surface area (Å²) in [4.78, 5) is 14.7. The molecule has 2 aliphatic heterocycles. The molecule has 1 fully saturated rings. The number of amides is 1. The van der Waals surface area contributed by atoms with Gasteiger partial charge in [-0.3, -0.25) is 9.69 Å². The molecule has 0 bridgehead atoms. The van der Waals surface area contributed by atoms with Crippen molar-refractivity contribution in [2.75, 3.05) is 38.1 Å². The number of hydrogen-bond acceptors (Lipinski definition) is 6. The molecule has 4 rings (SSSR count). The van der Waals surface area contributed by atoms with Gasteiger partial charge in [0.1, 0.15) is 12.7 Å². The zero-order chi connectivity index (χ0) is 23.9. The lowest BCUT2D eigenvalue weighted by Gasteiger charge is -2.34. The Bertz CT molecular complexity index is 926. The minimum atomic E-state index is -0.649. The number of nitrogens with zero attached hydrogens (tertiary/aromatic N) is 1. The number of nitrogens with one attached hydrogen (secondary N) is 2. The van der Waals surface area contributed by atoms with Crippen LogP contribution in [0.25, 0.3) is 0 Å². The summed E-state index contributed by atoms with van der Waals surface area (Å²) in [6.07, 6.45) is 1.89. The standard InChI is InChI=1S/C27H37N3O4/c1-19(2)15-20-7-9-22(10-8-20)29-27(32)17-30-13-11-21(12-14-30)28-16-23(31)26-18-33-24-5-3-4-6-25(24)34-26/h3-10,19,21,23,26,28,31H,11-18H2,1-2H3,(H,29,32). The van der Waals surface area contributed by atoms with Gasteiger partial charge in [0, 0.05) is 31.4 Å². The normalized spacial score (nSPS) is 19.7. The number of aliphatic hydroxyl groups excluding tert-OH is 1. The SMILES string of the molecule is CC(C)Cc1ccc(NC(=O)CN2CCC(NCC(O)C3COc4ccccc4O3)CC2)cc1. The summed E-state index contributed by atoms with van der Waals surface area (Å²) in [6.45, 7) is 7.30. The van der Waals surface area contributed by atoms with E-state index in [1.54, 1.807) is 0 Å². The Morgan fingerprint density at radius 1 is 1.09 bits per heavy atom. The molecule has 0 radical (unpaired) electrons. The van der Waals surface area contributed by atoms with E-state index in [1.807, 2.05) is 36.4 Å². The fourth-order valence-corrected chi connectivity index (χ4v) is 4.54. The van der Waals surface area contributed by atoms with Gasteiger partial charge in [0.2, 0.25) is 5.91 Å². The van der Waals surface area contributed by atoms with Crippen molar-refractivity contribution >= 4 is 11.6 Å². The number of anilines is 1. The Hall–Kier alpha value is -2.61. The summed E-state index contributed by atoms with van der Waals surface area (Å²) in [7, 11) is 0. The van der Waals surface area contributed by atoms with Gasteiger partial charge in [-0.25, -0.2) is 0 Å². The highest BCUT2D eigenvalue weighted by Crippen LogP contribution is 2.31. The maximum absolute atomic E-state index is 12.5. The number of piperidine rings is 1. The van der Waals surface area contributed by atoms with Crippen LogP contribution in [0.2, 0.25) is 0 Å². The molecule has 3 N–H and O–H groups in total. The lowest BCUT2D eigenvalue weighted by atomic mass is 10.0. The van der Waals surface area contributed by atoms with Crippen LogP contribution in [0, 0.1) is 5.92 Å². The largest absolute Gasteiger partial charge is 0.486 e. The number of para-hydroxylation sites is 2. The summed E-state index contributed by atoms with van der Waals surface area (Å²) < 4.78 is 11.6. The van der Waals surface area contributed by atoms with Crippen molar-refractivity contribution in [2.45, 2.75) is 51.4 Å². The Morgan fingerprint density at radius 3 is 2.50 bits per heavy atom. The maximum Gasteiger partial charge on any atom is 0.238 e. The number of rotatable bonds is 9. The van der Waals surface area contributed by atoms with E-state index in [2.05, 4.69) is 41.5 Å². The van der Waals surface area contributed by atoms with Crippen molar-refractivity contribution in [3.05, 3.63) is 54.1 Å². The van der Waals surface area contributed by atoms with Crippen LogP contribution in [-0.2, 0) is 11.2 Å². The van der Waals surface area contributed by atoms with Crippen LogP contribution in [0.4, 0.5) is 5.69 Å². The summed E-state index contributed by atoms with van der Waals surface area (Å²) in [5.74, 6) is 2.04. The van der Waals surface area contributed by atoms with Crippen LogP contribution < -0.4 is 20.1 Å². The van der Waals surface area contributed by atoms with E-state index in [4.69, 9.17) is 9.47 Å². The predicted molar refractivity (Wildman–Crippen MR) is 133 cm³/mol. The molecule has 2 heterocycles. The fraction of sp³-hybridized carbons (Fsp3) is 0.519. The molecule has 0 spiro atoms. The first kappa shape index (κ1) is 24.5. The van der Waals surface area contributed by atoms with Crippen molar-refractivity contribution < 1.29 is 19.4 Å². The van der Waals surface area contributed by atoms with E-state index < -0.39 is 6.10 Å². The van der Waals surface area contributed by atoms with Crippen molar-refractivity contribution in [1.29, 1.82) is 0 Å². The molecule has 0 saturated carbocycles. The van der Waals surface area contributed by atoms with E-state index in [0.29, 0.717) is 37.4 Å². The molecular weight excluding hydrogens is 430 g/mol. The second-order valence-corrected chi connectivity index (χ2v) is 9.78. The third-order valence-electron chi connectivity index (χ3n) is 6.41. The zero-order valence-electron chi connectivity index (χ0n) is 20.2. The average Bonchev–Trinajstić information content (AvgIpc) is 2.84. The highest BCUT2D eigenvalue weighted by molar-refractivity contribution is 5.92. The molecule has 0 aliphatic carbocycles. The van der Waals surface area contributed by atoms with Gasteiger partial charge in [-0.1, -0.05) is 38.1 Å². The topological polar surface area (TPSA) is 83.1 Å². The van der Waals surface area contributed by atoms with Crippen molar-refractivity contribution in [3.63, 3.8) is 0 Å². The number of carbonyl (C=O) groups excluding carboxylic acids is 1. The minimum absolute atomic E-state index is 0.0215. The van der Waals surface area contributed by atoms with E-state index in [9.17, 15) is 9.90 Å². The first-order valence-corrected chi connectivity index (χ1v) is 12.4. The first-order valence-electron chi connectivity index (χ1n) is 12.4. The van der Waals surface area contributed by atoms with Gasteiger partial charge < -0.3 is 25.2 Å². The number of carbonyl (C=O) groups is 1. The highest BCUT2D eigenvalue weighted by Gasteiger charge is 2.28. The molecule has 34 heavy (non-hydrogen) atoms. The smallest absolute Gasteiger partial charge is 0.238 e. The van der Waals surface area contributed by atoms with Crippen molar-refractivity contribution in [3.8, 4) is 11.5 Å². The summed E-state index contributed by atoms with van der Waals surface area (Å²) >= 11 is 0. The van der Waals surface area contributed by atoms with Gasteiger partial charge in [0.15, 0.2) is 17.6 Å². The third-order valence-corrected chi connectivity index (χ3v) is 6.41. The number of ether oxygens (including phenoxy) is 2. The number of aliphatic hydroxyl groups is 1. The molecule has 1 saturated heterocycles. The van der Waals surface area contributed by atoms with Gasteiger partial charge in [-0.15, -0.1) is 0 Å². The summed E-state index contributed by atoms with van der Waals surface area (Å²) in [5.41, 5.74) is 2.14. The van der Waals surface area contributed by atoms with Crippen LogP contribution in [0.1, 0.15) is 32.3 Å². The van der Waals surface area contributed by atoms with E-state index >= 15 is 0 Å². The Balaban J connectivity index is 1.14. The molecule has 7 heteroatoms. The first-order chi connectivity index (χ1) is 16.5. The highest BCUT2D eigenvalue weighted by atomic mass is 16.6. The summed E-state index contributed by atoms with van der Waals surface area (Å²) in [6, 6.07) is 16.0. The molecule has 2 aromatic carbocycles. The zero-order valence-corrected chi connectivity index (χ0v) is 20.2. The van der Waals surface area contributed by atoms with Gasteiger partial charge in [0.05, 0.1) is 6.54 Å². The third kappa shape index (κ3) is 6.95. The predicted octanol–water partition coefficient (Wildman–Crippen LogP) is 3.08. The number of benzene rings is 2. The Morgan fingerprint density at radius 2 is 1.79 bits per heavy atom. The van der Waals surface area contributed by atoms with Crippen LogP contribution in [0.15, 0.2) is 48.5 Å². The van der Waals surface area contributed by atoms with Crippen molar-refractivity contribution in [1.82, 2.24) is 10.2 Å². The van der Waals surface area contributed by atoms with Crippen LogP contribution >= 0.6 is 0 Å². The Labute approximate surface area is 202 Å². The number of likely N-dealkylation sites (tertiary alicyclic amines) is 1.